The van der Waals surface area contributed by atoms with Crippen LogP contribution in [-0.2, 0) is 24.8 Å². The molecule has 0 bridgehead atoms. The summed E-state index contributed by atoms with van der Waals surface area (Å²) in [4.78, 5) is 42.8. The van der Waals surface area contributed by atoms with Crippen molar-refractivity contribution in [2.75, 3.05) is 0 Å². The Kier molecular flexibility index (Phi) is 7.21. The zero-order valence-corrected chi connectivity index (χ0v) is 17.0. The van der Waals surface area contributed by atoms with Crippen molar-refractivity contribution in [2.24, 2.45) is 5.84 Å². The summed E-state index contributed by atoms with van der Waals surface area (Å²) in [6.45, 7) is 0. The maximum atomic E-state index is 11.5. The number of rotatable bonds is 6. The molecule has 0 saturated heterocycles. The summed E-state index contributed by atoms with van der Waals surface area (Å²) >= 11 is 5.89. The summed E-state index contributed by atoms with van der Waals surface area (Å²) in [7, 11) is 0. The number of carboxylic acids is 3. The third kappa shape index (κ3) is 4.70. The fourth-order valence-corrected chi connectivity index (χ4v) is 3.41. The van der Waals surface area contributed by atoms with Crippen LogP contribution in [0.2, 0.25) is 5.02 Å². The second kappa shape index (κ2) is 9.32. The number of amides is 1. The van der Waals surface area contributed by atoms with E-state index in [-0.39, 0.29) is 0 Å². The van der Waals surface area contributed by atoms with E-state index in [0.717, 1.165) is 5.56 Å². The van der Waals surface area contributed by atoms with Crippen LogP contribution < -0.4 is 11.3 Å². The number of hydrazine groups is 1. The van der Waals surface area contributed by atoms with Gasteiger partial charge in [0.2, 0.25) is 11.5 Å². The molecule has 1 aliphatic rings. The van der Waals surface area contributed by atoms with Crippen molar-refractivity contribution in [1.82, 2.24) is 5.43 Å². The van der Waals surface area contributed by atoms with Gasteiger partial charge in [-0.15, -0.1) is 0 Å². The van der Waals surface area contributed by atoms with E-state index < -0.39 is 47.9 Å². The SMILES string of the molecule is NNC(=O)CC(O)(CC(=O)O)C(=O)O.O=C(O)C1(O)c2ccccc2-c2ccc(Cl)cc21. The van der Waals surface area contributed by atoms with Crippen LogP contribution in [0, 0.1) is 0 Å². The first-order chi connectivity index (χ1) is 14.9. The molecule has 0 spiro atoms. The highest BCUT2D eigenvalue weighted by Crippen LogP contribution is 2.48. The van der Waals surface area contributed by atoms with Crippen LogP contribution in [0.4, 0.5) is 0 Å². The number of aliphatic carboxylic acids is 3. The third-order valence-electron chi connectivity index (χ3n) is 4.74. The monoisotopic (exact) mass is 466 g/mol. The number of aliphatic hydroxyl groups is 2. The Morgan fingerprint density at radius 3 is 2.09 bits per heavy atom. The predicted molar refractivity (Wildman–Crippen MR) is 109 cm³/mol. The van der Waals surface area contributed by atoms with E-state index in [1.165, 1.54) is 6.07 Å². The van der Waals surface area contributed by atoms with E-state index in [1.807, 2.05) is 6.07 Å². The van der Waals surface area contributed by atoms with Crippen LogP contribution in [0.15, 0.2) is 42.5 Å². The quantitative estimate of drug-likeness (QED) is 0.176. The number of fused-ring (bicyclic) bond motifs is 3. The van der Waals surface area contributed by atoms with E-state index >= 15 is 0 Å². The molecule has 170 valence electrons. The Balaban J connectivity index is 0.000000237. The molecule has 12 heteroatoms. The van der Waals surface area contributed by atoms with Crippen LogP contribution in [0.5, 0.6) is 0 Å². The minimum Gasteiger partial charge on any atom is -0.481 e. The zero-order valence-electron chi connectivity index (χ0n) is 16.3. The first-order valence-corrected chi connectivity index (χ1v) is 9.27. The zero-order chi connectivity index (χ0) is 24.3. The van der Waals surface area contributed by atoms with Gasteiger partial charge in [-0.05, 0) is 23.3 Å². The number of carboxylic acid groups (broad SMARTS) is 3. The van der Waals surface area contributed by atoms with Gasteiger partial charge in [0.15, 0.2) is 5.60 Å². The number of carbonyl (C=O) groups excluding carboxylic acids is 1. The molecule has 0 aliphatic heterocycles. The topological polar surface area (TPSA) is 207 Å². The average molecular weight is 467 g/mol. The summed E-state index contributed by atoms with van der Waals surface area (Å²) in [6, 6.07) is 11.9. The van der Waals surface area contributed by atoms with Gasteiger partial charge in [0.05, 0.1) is 12.8 Å². The maximum Gasteiger partial charge on any atom is 0.345 e. The van der Waals surface area contributed by atoms with Crippen LogP contribution in [0.1, 0.15) is 24.0 Å². The molecule has 2 aromatic carbocycles. The summed E-state index contributed by atoms with van der Waals surface area (Å²) < 4.78 is 0. The lowest BCUT2D eigenvalue weighted by Crippen LogP contribution is -2.46. The fourth-order valence-electron chi connectivity index (χ4n) is 3.24. The molecule has 8 N–H and O–H groups in total. The molecule has 2 atom stereocenters. The van der Waals surface area contributed by atoms with Crippen molar-refractivity contribution >= 4 is 35.4 Å². The number of carbonyl (C=O) groups is 4. The molecule has 0 saturated carbocycles. The summed E-state index contributed by atoms with van der Waals surface area (Å²) in [5.74, 6) is -0.915. The second-order valence-corrected chi connectivity index (χ2v) is 7.34. The molecule has 2 aromatic rings. The number of benzene rings is 2. The van der Waals surface area contributed by atoms with Crippen molar-refractivity contribution < 1.29 is 44.7 Å². The number of hydrogen-bond acceptors (Lipinski definition) is 7. The molecular formula is C20H19ClN2O9. The van der Waals surface area contributed by atoms with Gasteiger partial charge in [-0.25, -0.2) is 15.4 Å². The Labute approximate surface area is 185 Å². The normalized spacial score (nSPS) is 17.6. The second-order valence-electron chi connectivity index (χ2n) is 6.90. The van der Waals surface area contributed by atoms with Gasteiger partial charge in [-0.1, -0.05) is 41.9 Å². The largest absolute Gasteiger partial charge is 0.481 e. The number of hydrogen-bond donors (Lipinski definition) is 7. The minimum atomic E-state index is -2.63. The maximum absolute atomic E-state index is 11.5. The van der Waals surface area contributed by atoms with Gasteiger partial charge in [-0.2, -0.15) is 0 Å². The van der Waals surface area contributed by atoms with Gasteiger partial charge in [0.1, 0.15) is 0 Å². The van der Waals surface area contributed by atoms with E-state index in [0.29, 0.717) is 21.7 Å². The highest BCUT2D eigenvalue weighted by atomic mass is 35.5. The van der Waals surface area contributed by atoms with Crippen molar-refractivity contribution in [3.63, 3.8) is 0 Å². The Hall–Kier alpha value is -3.51. The average Bonchev–Trinajstić information content (AvgIpc) is 2.97. The van der Waals surface area contributed by atoms with Crippen molar-refractivity contribution in [3.8, 4) is 11.1 Å². The molecule has 1 aliphatic carbocycles. The molecule has 3 rings (SSSR count). The van der Waals surface area contributed by atoms with Crippen LogP contribution in [0.3, 0.4) is 0 Å². The Bertz CT molecular complexity index is 1090. The molecule has 2 unspecified atom stereocenters. The molecule has 0 fully saturated rings. The molecule has 32 heavy (non-hydrogen) atoms. The highest BCUT2D eigenvalue weighted by molar-refractivity contribution is 6.30. The predicted octanol–water partition coefficient (Wildman–Crippen LogP) is 0.298. The summed E-state index contributed by atoms with van der Waals surface area (Å²) in [5.41, 5.74) is -0.907. The number of nitrogens with two attached hydrogens (primary N) is 1. The summed E-state index contributed by atoms with van der Waals surface area (Å²) in [5, 5.41) is 46.4. The lowest BCUT2D eigenvalue weighted by molar-refractivity contribution is -0.167. The lowest BCUT2D eigenvalue weighted by Gasteiger charge is -2.20. The van der Waals surface area contributed by atoms with E-state index in [9.17, 15) is 34.5 Å². The van der Waals surface area contributed by atoms with E-state index in [2.05, 4.69) is 5.84 Å². The smallest absolute Gasteiger partial charge is 0.345 e. The number of nitrogens with one attached hydrogen (secondary N) is 1. The number of halogens is 1. The van der Waals surface area contributed by atoms with Gasteiger partial charge in [-0.3, -0.25) is 15.0 Å². The van der Waals surface area contributed by atoms with Crippen LogP contribution in [0.25, 0.3) is 11.1 Å². The molecule has 0 radical (unpaired) electrons. The van der Waals surface area contributed by atoms with Crippen molar-refractivity contribution in [3.05, 3.63) is 58.6 Å². The van der Waals surface area contributed by atoms with Crippen molar-refractivity contribution in [2.45, 2.75) is 24.0 Å². The van der Waals surface area contributed by atoms with Crippen LogP contribution in [-0.4, -0.2) is 54.9 Å². The Morgan fingerprint density at radius 2 is 1.56 bits per heavy atom. The van der Waals surface area contributed by atoms with E-state index in [4.69, 9.17) is 21.8 Å². The van der Waals surface area contributed by atoms with Gasteiger partial charge >= 0.3 is 17.9 Å². The van der Waals surface area contributed by atoms with Crippen LogP contribution >= 0.6 is 11.6 Å². The lowest BCUT2D eigenvalue weighted by atomic mass is 9.92. The first-order valence-electron chi connectivity index (χ1n) is 8.89. The molecule has 0 aromatic heterocycles. The molecule has 0 heterocycles. The standard InChI is InChI=1S/C14H9ClO3.C6H10N2O6/c15-8-5-6-10-9-3-1-2-4-11(9)14(18,13(16)17)12(10)7-8;7-8-3(9)1-6(14,5(12)13)2-4(10)11/h1-7,18H,(H,16,17);14H,1-2,7H2,(H,8,9)(H,10,11)(H,12,13). The highest BCUT2D eigenvalue weighted by Gasteiger charge is 2.48. The van der Waals surface area contributed by atoms with Gasteiger partial charge < -0.3 is 25.5 Å². The molecule has 1 amide bonds. The molecule has 11 nitrogen and oxygen atoms in total. The van der Waals surface area contributed by atoms with Crippen molar-refractivity contribution in [1.29, 1.82) is 0 Å². The van der Waals surface area contributed by atoms with Gasteiger partial charge in [0.25, 0.3) is 0 Å². The fraction of sp³-hybridized carbons (Fsp3) is 0.200. The van der Waals surface area contributed by atoms with Gasteiger partial charge in [0, 0.05) is 16.1 Å². The van der Waals surface area contributed by atoms with E-state index in [1.54, 1.807) is 35.8 Å². The summed E-state index contributed by atoms with van der Waals surface area (Å²) in [6.07, 6.45) is -1.99. The molecular weight excluding hydrogens is 448 g/mol. The first kappa shape index (κ1) is 24.8. The Morgan fingerprint density at radius 1 is 0.969 bits per heavy atom. The minimum absolute atomic E-state index is 0.323. The third-order valence-corrected chi connectivity index (χ3v) is 4.98.